The highest BCUT2D eigenvalue weighted by atomic mass is 16.2. The van der Waals surface area contributed by atoms with Gasteiger partial charge in [-0.05, 0) is 46.2 Å². The Labute approximate surface area is 179 Å². The lowest BCUT2D eigenvalue weighted by Gasteiger charge is -2.35. The van der Waals surface area contributed by atoms with Crippen LogP contribution in [0.4, 0.5) is 5.82 Å². The van der Waals surface area contributed by atoms with Crippen LogP contribution in [0.3, 0.4) is 0 Å². The summed E-state index contributed by atoms with van der Waals surface area (Å²) in [5.41, 5.74) is 3.54. The molecule has 1 aromatic carbocycles. The second kappa shape index (κ2) is 9.13. The normalized spacial score (nSPS) is 18.5. The van der Waals surface area contributed by atoms with Gasteiger partial charge in [0, 0.05) is 50.0 Å². The van der Waals surface area contributed by atoms with E-state index in [1.165, 1.54) is 11.3 Å². The number of amides is 1. The highest BCUT2D eigenvalue weighted by molar-refractivity contribution is 5.79. The first kappa shape index (κ1) is 20.8. The van der Waals surface area contributed by atoms with E-state index in [1.807, 2.05) is 44.2 Å². The van der Waals surface area contributed by atoms with Crippen LogP contribution < -0.4 is 4.90 Å². The molecule has 0 N–H and O–H groups in total. The average molecular weight is 408 g/mol. The third-order valence-electron chi connectivity index (χ3n) is 6.27. The van der Waals surface area contributed by atoms with Crippen molar-refractivity contribution in [2.45, 2.75) is 32.1 Å². The lowest BCUT2D eigenvalue weighted by molar-refractivity contribution is -0.134. The molecular formula is C24H33N5O. The van der Waals surface area contributed by atoms with Crippen molar-refractivity contribution < 1.29 is 4.79 Å². The zero-order chi connectivity index (χ0) is 21.1. The second-order valence-electron chi connectivity index (χ2n) is 8.86. The molecule has 0 bridgehead atoms. The molecule has 0 saturated carbocycles. The van der Waals surface area contributed by atoms with Crippen LogP contribution in [0.15, 0.2) is 30.3 Å². The van der Waals surface area contributed by atoms with Gasteiger partial charge in [-0.25, -0.2) is 9.97 Å². The molecule has 0 radical (unpaired) electrons. The lowest BCUT2D eigenvalue weighted by atomic mass is 9.96. The van der Waals surface area contributed by atoms with Crippen LogP contribution in [0.1, 0.15) is 30.5 Å². The largest absolute Gasteiger partial charge is 0.355 e. The minimum atomic E-state index is 0.0399. The Hall–Kier alpha value is -2.47. The lowest BCUT2D eigenvalue weighted by Crippen LogP contribution is -2.45. The van der Waals surface area contributed by atoms with Crippen LogP contribution in [0, 0.1) is 5.92 Å². The number of hydrogen-bond donors (Lipinski definition) is 0. The van der Waals surface area contributed by atoms with Gasteiger partial charge in [-0.3, -0.25) is 4.79 Å². The van der Waals surface area contributed by atoms with Crippen LogP contribution in [0.5, 0.6) is 0 Å². The van der Waals surface area contributed by atoms with Crippen LogP contribution in [-0.4, -0.2) is 73.0 Å². The molecule has 0 spiro atoms. The minimum absolute atomic E-state index is 0.0399. The van der Waals surface area contributed by atoms with Gasteiger partial charge >= 0.3 is 0 Å². The molecule has 160 valence electrons. The molecule has 2 aromatic rings. The number of anilines is 1. The molecule has 1 aliphatic carbocycles. The summed E-state index contributed by atoms with van der Waals surface area (Å²) in [4.78, 5) is 29.3. The van der Waals surface area contributed by atoms with Crippen LogP contribution in [0.25, 0.3) is 11.4 Å². The van der Waals surface area contributed by atoms with Crippen molar-refractivity contribution in [2.75, 3.05) is 52.2 Å². The zero-order valence-corrected chi connectivity index (χ0v) is 18.5. The Morgan fingerprint density at radius 3 is 2.63 bits per heavy atom. The van der Waals surface area contributed by atoms with Crippen molar-refractivity contribution in [2.24, 2.45) is 5.92 Å². The fourth-order valence-corrected chi connectivity index (χ4v) is 4.53. The Morgan fingerprint density at radius 2 is 1.87 bits per heavy atom. The maximum atomic E-state index is 13.1. The van der Waals surface area contributed by atoms with Crippen molar-refractivity contribution in [1.82, 2.24) is 19.8 Å². The highest BCUT2D eigenvalue weighted by Gasteiger charge is 2.31. The number of rotatable bonds is 6. The van der Waals surface area contributed by atoms with E-state index in [1.54, 1.807) is 0 Å². The summed E-state index contributed by atoms with van der Waals surface area (Å²) in [6, 6.07) is 10.2. The van der Waals surface area contributed by atoms with Crippen molar-refractivity contribution in [3.05, 3.63) is 41.6 Å². The summed E-state index contributed by atoms with van der Waals surface area (Å²) >= 11 is 0. The molecule has 4 rings (SSSR count). The number of carbonyl (C=O) groups is 1. The van der Waals surface area contributed by atoms with Gasteiger partial charge in [-0.15, -0.1) is 0 Å². The third-order valence-corrected chi connectivity index (χ3v) is 6.27. The number of hydrogen-bond acceptors (Lipinski definition) is 5. The molecule has 1 aliphatic heterocycles. The molecular weight excluding hydrogens is 374 g/mol. The van der Waals surface area contributed by atoms with Crippen LogP contribution in [0.2, 0.25) is 0 Å². The number of fused-ring (bicyclic) bond motifs is 1. The first-order chi connectivity index (χ1) is 14.5. The summed E-state index contributed by atoms with van der Waals surface area (Å²) in [5, 5.41) is 0. The zero-order valence-electron chi connectivity index (χ0n) is 18.5. The van der Waals surface area contributed by atoms with Gasteiger partial charge in [0.15, 0.2) is 5.82 Å². The molecule has 6 heteroatoms. The van der Waals surface area contributed by atoms with Crippen molar-refractivity contribution in [3.8, 4) is 11.4 Å². The van der Waals surface area contributed by atoms with Crippen molar-refractivity contribution >= 4 is 11.7 Å². The minimum Gasteiger partial charge on any atom is -0.355 e. The summed E-state index contributed by atoms with van der Waals surface area (Å²) in [7, 11) is 6.02. The third kappa shape index (κ3) is 4.48. The number of nitrogens with zero attached hydrogens (tertiary/aromatic N) is 5. The van der Waals surface area contributed by atoms with E-state index in [4.69, 9.17) is 9.97 Å². The molecule has 1 saturated heterocycles. The predicted octanol–water partition coefficient (Wildman–Crippen LogP) is 2.87. The maximum Gasteiger partial charge on any atom is 0.227 e. The number of aromatic nitrogens is 2. The molecule has 6 nitrogen and oxygen atoms in total. The second-order valence-corrected chi connectivity index (χ2v) is 8.86. The van der Waals surface area contributed by atoms with Gasteiger partial charge < -0.3 is 14.7 Å². The van der Waals surface area contributed by atoms with E-state index in [0.29, 0.717) is 0 Å². The number of carbonyl (C=O) groups excluding carboxylic acids is 1. The van der Waals surface area contributed by atoms with E-state index in [0.717, 1.165) is 75.5 Å². The summed E-state index contributed by atoms with van der Waals surface area (Å²) in [6.07, 6.45) is 5.18. The Balaban J connectivity index is 1.56. The molecule has 0 unspecified atom stereocenters. The SMILES string of the molecule is CN(C)CCN(C)C(=O)[C@H]1CCCN(c2nc(-c3ccccc3)nc3c2CCC3)C1. The standard InChI is InChI=1S/C24H33N5O/c1-27(2)15-16-28(3)24(30)19-11-8-14-29(17-19)23-20-12-7-13-21(20)25-22(26-23)18-9-5-4-6-10-18/h4-6,9-10,19H,7-8,11-17H2,1-3H3/t19-/m0/s1. The molecule has 30 heavy (non-hydrogen) atoms. The quantitative estimate of drug-likeness (QED) is 0.737. The van der Waals surface area contributed by atoms with E-state index >= 15 is 0 Å². The molecule has 2 heterocycles. The van der Waals surface area contributed by atoms with Crippen LogP contribution in [-0.2, 0) is 17.6 Å². The maximum absolute atomic E-state index is 13.1. The Bertz CT molecular complexity index is 883. The van der Waals surface area contributed by atoms with Gasteiger partial charge in [-0.2, -0.15) is 0 Å². The van der Waals surface area contributed by atoms with Gasteiger partial charge in [-0.1, -0.05) is 30.3 Å². The van der Waals surface area contributed by atoms with Gasteiger partial charge in [0.05, 0.1) is 5.92 Å². The molecule has 1 amide bonds. The number of benzene rings is 1. The first-order valence-electron chi connectivity index (χ1n) is 11.1. The number of likely N-dealkylation sites (N-methyl/N-ethyl adjacent to an activating group) is 2. The molecule has 1 aromatic heterocycles. The molecule has 1 atom stereocenters. The van der Waals surface area contributed by atoms with E-state index in [9.17, 15) is 4.79 Å². The van der Waals surface area contributed by atoms with Gasteiger partial charge in [0.1, 0.15) is 5.82 Å². The highest BCUT2D eigenvalue weighted by Crippen LogP contribution is 2.33. The van der Waals surface area contributed by atoms with E-state index < -0.39 is 0 Å². The Kier molecular flexibility index (Phi) is 6.32. The van der Waals surface area contributed by atoms with E-state index in [2.05, 4.69) is 21.9 Å². The van der Waals surface area contributed by atoms with Crippen LogP contribution >= 0.6 is 0 Å². The fraction of sp³-hybridized carbons (Fsp3) is 0.542. The topological polar surface area (TPSA) is 52.6 Å². The fourth-order valence-electron chi connectivity index (χ4n) is 4.53. The Morgan fingerprint density at radius 1 is 1.07 bits per heavy atom. The monoisotopic (exact) mass is 407 g/mol. The first-order valence-corrected chi connectivity index (χ1v) is 11.1. The summed E-state index contributed by atoms with van der Waals surface area (Å²) in [5.74, 6) is 2.17. The van der Waals surface area contributed by atoms with E-state index in [-0.39, 0.29) is 11.8 Å². The predicted molar refractivity (Wildman–Crippen MR) is 121 cm³/mol. The van der Waals surface area contributed by atoms with Crippen molar-refractivity contribution in [3.63, 3.8) is 0 Å². The number of piperidine rings is 1. The summed E-state index contributed by atoms with van der Waals surface area (Å²) in [6.45, 7) is 3.37. The van der Waals surface area contributed by atoms with Crippen molar-refractivity contribution in [1.29, 1.82) is 0 Å². The average Bonchev–Trinajstić information content (AvgIpc) is 3.25. The van der Waals surface area contributed by atoms with Gasteiger partial charge in [0.2, 0.25) is 5.91 Å². The summed E-state index contributed by atoms with van der Waals surface area (Å²) < 4.78 is 0. The molecule has 2 aliphatic rings. The van der Waals surface area contributed by atoms with Gasteiger partial charge in [0.25, 0.3) is 0 Å². The smallest absolute Gasteiger partial charge is 0.227 e. The number of aryl methyl sites for hydroxylation is 1. The molecule has 1 fully saturated rings.